The van der Waals surface area contributed by atoms with E-state index in [-0.39, 0.29) is 11.8 Å². The van der Waals surface area contributed by atoms with Crippen molar-refractivity contribution >= 4 is 17.7 Å². The largest absolute Gasteiger partial charge is 0.390 e. The number of hydrogen-bond acceptors (Lipinski definition) is 3. The van der Waals surface area contributed by atoms with E-state index in [4.69, 9.17) is 0 Å². The van der Waals surface area contributed by atoms with Gasteiger partial charge in [0.2, 0.25) is 5.91 Å². The number of nitrogens with zero attached hydrogens (tertiary/aromatic N) is 1. The molecule has 3 nitrogen and oxygen atoms in total. The Balaban J connectivity index is 1.96. The van der Waals surface area contributed by atoms with Crippen molar-refractivity contribution in [3.05, 3.63) is 29.8 Å². The molecule has 1 amide bonds. The quantitative estimate of drug-likeness (QED) is 0.870. The van der Waals surface area contributed by atoms with Gasteiger partial charge >= 0.3 is 0 Å². The lowest BCUT2D eigenvalue weighted by atomic mass is 9.84. The van der Waals surface area contributed by atoms with E-state index in [1.165, 1.54) is 4.90 Å². The maximum atomic E-state index is 12.4. The molecule has 1 aliphatic rings. The smallest absolute Gasteiger partial charge is 0.227 e. The molecular weight excluding hydrogens is 282 g/mol. The molecule has 1 N–H and O–H groups in total. The molecule has 1 aromatic carbocycles. The molecule has 1 aromatic rings. The van der Waals surface area contributed by atoms with Gasteiger partial charge in [0.25, 0.3) is 0 Å². The highest BCUT2D eigenvalue weighted by molar-refractivity contribution is 7.98. The molecular formula is C17H25NO2S. The maximum Gasteiger partial charge on any atom is 0.227 e. The number of carbonyl (C=O) groups is 1. The number of piperidine rings is 1. The summed E-state index contributed by atoms with van der Waals surface area (Å²) < 4.78 is 0. The first-order valence-electron chi connectivity index (χ1n) is 7.53. The van der Waals surface area contributed by atoms with Crippen molar-refractivity contribution in [1.29, 1.82) is 0 Å². The van der Waals surface area contributed by atoms with Crippen LogP contribution >= 0.6 is 11.8 Å². The van der Waals surface area contributed by atoms with Gasteiger partial charge in [-0.15, -0.1) is 11.8 Å². The third-order valence-corrected chi connectivity index (χ3v) is 5.03. The summed E-state index contributed by atoms with van der Waals surface area (Å²) in [6.45, 7) is 5.17. The lowest BCUT2D eigenvalue weighted by Gasteiger charge is -2.38. The van der Waals surface area contributed by atoms with E-state index in [2.05, 4.69) is 12.1 Å². The molecule has 2 rings (SSSR count). The normalized spacial score (nSPS) is 19.6. The highest BCUT2D eigenvalue weighted by atomic mass is 32.2. The van der Waals surface area contributed by atoms with Crippen LogP contribution in [0, 0.1) is 5.92 Å². The minimum Gasteiger partial charge on any atom is -0.390 e. The van der Waals surface area contributed by atoms with E-state index in [1.807, 2.05) is 37.1 Å². The molecule has 0 aromatic heterocycles. The van der Waals surface area contributed by atoms with E-state index >= 15 is 0 Å². The fourth-order valence-electron chi connectivity index (χ4n) is 2.81. The number of thioether (sulfide) groups is 1. The van der Waals surface area contributed by atoms with Crippen LogP contribution in [0.1, 0.15) is 32.3 Å². The van der Waals surface area contributed by atoms with Crippen LogP contribution in [0.3, 0.4) is 0 Å². The molecule has 0 bridgehead atoms. The predicted molar refractivity (Wildman–Crippen MR) is 87.5 cm³/mol. The SMILES string of the molecule is CSc1ccc(CC(=O)N2CCCC(C(C)(C)O)C2)cc1. The Morgan fingerprint density at radius 1 is 1.38 bits per heavy atom. The number of benzene rings is 1. The molecule has 0 saturated carbocycles. The highest BCUT2D eigenvalue weighted by Gasteiger charge is 2.32. The third-order valence-electron chi connectivity index (χ3n) is 4.29. The van der Waals surface area contributed by atoms with Crippen molar-refractivity contribution in [3.63, 3.8) is 0 Å². The van der Waals surface area contributed by atoms with Gasteiger partial charge in [0.1, 0.15) is 0 Å². The van der Waals surface area contributed by atoms with Crippen LogP contribution in [0.4, 0.5) is 0 Å². The van der Waals surface area contributed by atoms with Crippen LogP contribution in [-0.4, -0.2) is 40.9 Å². The van der Waals surface area contributed by atoms with Crippen molar-refractivity contribution in [3.8, 4) is 0 Å². The summed E-state index contributed by atoms with van der Waals surface area (Å²) in [5.41, 5.74) is 0.349. The second-order valence-corrected chi connectivity index (χ2v) is 7.24. The molecule has 4 heteroatoms. The zero-order valence-electron chi connectivity index (χ0n) is 13.1. The maximum absolute atomic E-state index is 12.4. The van der Waals surface area contributed by atoms with Crippen LogP contribution < -0.4 is 0 Å². The summed E-state index contributed by atoms with van der Waals surface area (Å²) in [4.78, 5) is 15.6. The van der Waals surface area contributed by atoms with Gasteiger partial charge < -0.3 is 10.0 Å². The summed E-state index contributed by atoms with van der Waals surface area (Å²) in [7, 11) is 0. The van der Waals surface area contributed by atoms with Crippen LogP contribution in [-0.2, 0) is 11.2 Å². The Hall–Kier alpha value is -1.00. The van der Waals surface area contributed by atoms with E-state index in [0.29, 0.717) is 13.0 Å². The summed E-state index contributed by atoms with van der Waals surface area (Å²) in [5, 5.41) is 10.1. The Bertz CT molecular complexity index is 479. The summed E-state index contributed by atoms with van der Waals surface area (Å²) >= 11 is 1.70. The van der Waals surface area contributed by atoms with Crippen LogP contribution in [0.2, 0.25) is 0 Å². The molecule has 1 saturated heterocycles. The Morgan fingerprint density at radius 2 is 2.05 bits per heavy atom. The second-order valence-electron chi connectivity index (χ2n) is 6.36. The monoisotopic (exact) mass is 307 g/mol. The zero-order chi connectivity index (χ0) is 15.5. The van der Waals surface area contributed by atoms with E-state index < -0.39 is 5.60 Å². The van der Waals surface area contributed by atoms with Crippen molar-refractivity contribution in [1.82, 2.24) is 4.90 Å². The average Bonchev–Trinajstić information content (AvgIpc) is 2.47. The standard InChI is InChI=1S/C17H25NO2S/c1-17(2,20)14-5-4-10-18(12-14)16(19)11-13-6-8-15(21-3)9-7-13/h6-9,14,20H,4-5,10-12H2,1-3H3. The molecule has 1 atom stereocenters. The molecule has 1 aliphatic heterocycles. The Labute approximate surface area is 131 Å². The average molecular weight is 307 g/mol. The number of rotatable bonds is 4. The molecule has 0 spiro atoms. The second kappa shape index (κ2) is 6.84. The first-order chi connectivity index (χ1) is 9.90. The Morgan fingerprint density at radius 3 is 2.62 bits per heavy atom. The van der Waals surface area contributed by atoms with Crippen LogP contribution in [0.15, 0.2) is 29.2 Å². The van der Waals surface area contributed by atoms with Crippen LogP contribution in [0.25, 0.3) is 0 Å². The first kappa shape index (κ1) is 16.4. The third kappa shape index (κ3) is 4.48. The van der Waals surface area contributed by atoms with Gasteiger partial charge in [0.15, 0.2) is 0 Å². The van der Waals surface area contributed by atoms with Gasteiger partial charge in [-0.25, -0.2) is 0 Å². The van der Waals surface area contributed by atoms with E-state index in [9.17, 15) is 9.90 Å². The molecule has 1 heterocycles. The van der Waals surface area contributed by atoms with Crippen LogP contribution in [0.5, 0.6) is 0 Å². The molecule has 116 valence electrons. The van der Waals surface area contributed by atoms with E-state index in [0.717, 1.165) is 24.9 Å². The van der Waals surface area contributed by atoms with Crippen molar-refractivity contribution in [2.45, 2.75) is 43.6 Å². The van der Waals surface area contributed by atoms with Gasteiger partial charge in [-0.05, 0) is 50.6 Å². The van der Waals surface area contributed by atoms with Gasteiger partial charge in [-0.1, -0.05) is 12.1 Å². The minimum atomic E-state index is -0.709. The summed E-state index contributed by atoms with van der Waals surface area (Å²) in [6, 6.07) is 8.18. The number of amides is 1. The van der Waals surface area contributed by atoms with Crippen molar-refractivity contribution in [2.24, 2.45) is 5.92 Å². The minimum absolute atomic E-state index is 0.167. The van der Waals surface area contributed by atoms with Crippen molar-refractivity contribution < 1.29 is 9.90 Å². The van der Waals surface area contributed by atoms with Gasteiger partial charge in [0, 0.05) is 23.9 Å². The molecule has 21 heavy (non-hydrogen) atoms. The molecule has 1 fully saturated rings. The van der Waals surface area contributed by atoms with Gasteiger partial charge in [-0.2, -0.15) is 0 Å². The van der Waals surface area contributed by atoms with Gasteiger partial charge in [0.05, 0.1) is 12.0 Å². The predicted octanol–water partition coefficient (Wildman–Crippen LogP) is 2.96. The molecule has 1 unspecified atom stereocenters. The molecule has 0 radical (unpaired) electrons. The highest BCUT2D eigenvalue weighted by Crippen LogP contribution is 2.27. The summed E-state index contributed by atoms with van der Waals surface area (Å²) in [6.07, 6.45) is 4.47. The zero-order valence-corrected chi connectivity index (χ0v) is 13.9. The fraction of sp³-hybridized carbons (Fsp3) is 0.588. The number of hydrogen-bond donors (Lipinski definition) is 1. The van der Waals surface area contributed by atoms with Gasteiger partial charge in [-0.3, -0.25) is 4.79 Å². The Kier molecular flexibility index (Phi) is 5.33. The fourth-order valence-corrected chi connectivity index (χ4v) is 3.22. The number of carbonyl (C=O) groups excluding carboxylic acids is 1. The molecule has 0 aliphatic carbocycles. The summed E-state index contributed by atoms with van der Waals surface area (Å²) in [5.74, 6) is 0.343. The van der Waals surface area contributed by atoms with E-state index in [1.54, 1.807) is 11.8 Å². The number of likely N-dealkylation sites (tertiary alicyclic amines) is 1. The topological polar surface area (TPSA) is 40.5 Å². The number of aliphatic hydroxyl groups is 1. The lowest BCUT2D eigenvalue weighted by Crippen LogP contribution is -2.47. The lowest BCUT2D eigenvalue weighted by molar-refractivity contribution is -0.134. The van der Waals surface area contributed by atoms with Crippen molar-refractivity contribution in [2.75, 3.05) is 19.3 Å². The first-order valence-corrected chi connectivity index (χ1v) is 8.75.